The normalized spacial score (nSPS) is 12.8. The van der Waals surface area contributed by atoms with Crippen LogP contribution in [0, 0.1) is 0 Å². The van der Waals surface area contributed by atoms with Crippen LogP contribution in [0.25, 0.3) is 0 Å². The van der Waals surface area contributed by atoms with Gasteiger partial charge in [-0.05, 0) is 37.3 Å². The molecule has 23 heavy (non-hydrogen) atoms. The van der Waals surface area contributed by atoms with Crippen LogP contribution in [0.5, 0.6) is 0 Å². The van der Waals surface area contributed by atoms with Crippen molar-refractivity contribution in [3.63, 3.8) is 0 Å². The van der Waals surface area contributed by atoms with Crippen molar-refractivity contribution in [2.75, 3.05) is 0 Å². The van der Waals surface area contributed by atoms with Gasteiger partial charge in [-0.15, -0.1) is 0 Å². The SMILES string of the molecule is C[C@H](NS(=O)(=O)c1cc(Cl)ccc1Cl)C(=O)NCc1ccco1. The lowest BCUT2D eigenvalue weighted by molar-refractivity contribution is -0.122. The number of carbonyl (C=O) groups is 1. The van der Waals surface area contributed by atoms with Crippen molar-refractivity contribution in [1.29, 1.82) is 0 Å². The fraction of sp³-hybridized carbons (Fsp3) is 0.214. The zero-order valence-electron chi connectivity index (χ0n) is 12.0. The molecule has 9 heteroatoms. The van der Waals surface area contributed by atoms with Crippen molar-refractivity contribution in [3.8, 4) is 0 Å². The minimum atomic E-state index is -3.98. The summed E-state index contributed by atoms with van der Waals surface area (Å²) in [5, 5.41) is 2.81. The molecular weight excluding hydrogens is 363 g/mol. The van der Waals surface area contributed by atoms with Gasteiger partial charge in [-0.2, -0.15) is 4.72 Å². The number of furan rings is 1. The number of halogens is 2. The maximum Gasteiger partial charge on any atom is 0.242 e. The number of rotatable bonds is 6. The van der Waals surface area contributed by atoms with E-state index in [0.717, 1.165) is 0 Å². The van der Waals surface area contributed by atoms with E-state index in [-0.39, 0.29) is 21.5 Å². The average Bonchev–Trinajstić information content (AvgIpc) is 3.00. The average molecular weight is 377 g/mol. The van der Waals surface area contributed by atoms with Crippen LogP contribution in [0.1, 0.15) is 12.7 Å². The van der Waals surface area contributed by atoms with Crippen molar-refractivity contribution in [2.24, 2.45) is 0 Å². The summed E-state index contributed by atoms with van der Waals surface area (Å²) < 4.78 is 31.9. The Morgan fingerprint density at radius 3 is 2.70 bits per heavy atom. The van der Waals surface area contributed by atoms with E-state index in [1.807, 2.05) is 0 Å². The van der Waals surface area contributed by atoms with E-state index in [1.54, 1.807) is 12.1 Å². The highest BCUT2D eigenvalue weighted by Crippen LogP contribution is 2.24. The van der Waals surface area contributed by atoms with Gasteiger partial charge in [0.15, 0.2) is 0 Å². The maximum atomic E-state index is 12.3. The molecule has 0 aliphatic rings. The molecule has 1 aromatic heterocycles. The van der Waals surface area contributed by atoms with E-state index < -0.39 is 22.0 Å². The summed E-state index contributed by atoms with van der Waals surface area (Å²) in [4.78, 5) is 11.8. The molecule has 0 aliphatic heterocycles. The third-order valence-corrected chi connectivity index (χ3v) is 5.18. The second kappa shape index (κ2) is 7.35. The summed E-state index contributed by atoms with van der Waals surface area (Å²) in [5.74, 6) is 0.0643. The monoisotopic (exact) mass is 376 g/mol. The van der Waals surface area contributed by atoms with Crippen LogP contribution in [0.4, 0.5) is 0 Å². The molecule has 2 aromatic rings. The molecule has 0 saturated heterocycles. The molecule has 2 N–H and O–H groups in total. The topological polar surface area (TPSA) is 88.4 Å². The second-order valence-corrected chi connectivity index (χ2v) is 7.24. The lowest BCUT2D eigenvalue weighted by Gasteiger charge is -2.15. The van der Waals surface area contributed by atoms with Crippen LogP contribution < -0.4 is 10.0 Å². The van der Waals surface area contributed by atoms with Gasteiger partial charge in [-0.3, -0.25) is 4.79 Å². The van der Waals surface area contributed by atoms with E-state index >= 15 is 0 Å². The maximum absolute atomic E-state index is 12.3. The minimum absolute atomic E-state index is 0.0186. The molecule has 1 atom stereocenters. The Morgan fingerprint density at radius 1 is 1.30 bits per heavy atom. The molecule has 0 radical (unpaired) electrons. The van der Waals surface area contributed by atoms with Gasteiger partial charge < -0.3 is 9.73 Å². The van der Waals surface area contributed by atoms with Crippen LogP contribution >= 0.6 is 23.2 Å². The Labute approximate surface area is 143 Å². The molecule has 1 heterocycles. The summed E-state index contributed by atoms with van der Waals surface area (Å²) in [5.41, 5.74) is 0. The molecular formula is C14H14Cl2N2O4S. The first-order valence-corrected chi connectivity index (χ1v) is 8.81. The fourth-order valence-corrected chi connectivity index (χ4v) is 3.74. The molecule has 0 aliphatic carbocycles. The number of nitrogens with one attached hydrogen (secondary N) is 2. The van der Waals surface area contributed by atoms with Crippen molar-refractivity contribution in [1.82, 2.24) is 10.0 Å². The molecule has 0 saturated carbocycles. The van der Waals surface area contributed by atoms with Crippen molar-refractivity contribution in [3.05, 3.63) is 52.4 Å². The molecule has 0 spiro atoms. The Hall–Kier alpha value is -1.54. The van der Waals surface area contributed by atoms with Gasteiger partial charge in [0.25, 0.3) is 0 Å². The Kier molecular flexibility index (Phi) is 5.69. The van der Waals surface area contributed by atoms with Gasteiger partial charge in [-0.1, -0.05) is 23.2 Å². The standard InChI is InChI=1S/C14H14Cl2N2O4S/c1-9(14(19)17-8-11-3-2-6-22-11)18-23(20,21)13-7-10(15)4-5-12(13)16/h2-7,9,18H,8H2,1H3,(H,17,19)/t9-/m0/s1. The molecule has 0 unspecified atom stereocenters. The highest BCUT2D eigenvalue weighted by molar-refractivity contribution is 7.89. The van der Waals surface area contributed by atoms with Gasteiger partial charge in [0.05, 0.1) is 23.9 Å². The third-order valence-electron chi connectivity index (χ3n) is 2.92. The Balaban J connectivity index is 2.04. The highest BCUT2D eigenvalue weighted by atomic mass is 35.5. The number of carbonyl (C=O) groups excluding carboxylic acids is 1. The second-order valence-electron chi connectivity index (χ2n) is 4.71. The van der Waals surface area contributed by atoms with Crippen LogP contribution in [0.3, 0.4) is 0 Å². The smallest absolute Gasteiger partial charge is 0.242 e. The van der Waals surface area contributed by atoms with Crippen LogP contribution in [0.15, 0.2) is 45.9 Å². The number of benzene rings is 1. The van der Waals surface area contributed by atoms with Crippen LogP contribution in [-0.4, -0.2) is 20.4 Å². The zero-order valence-corrected chi connectivity index (χ0v) is 14.4. The lowest BCUT2D eigenvalue weighted by Crippen LogP contribution is -2.44. The summed E-state index contributed by atoms with van der Waals surface area (Å²) in [6, 6.07) is 6.46. The Bertz CT molecular complexity index is 791. The van der Waals surface area contributed by atoms with Crippen molar-refractivity contribution >= 4 is 39.1 Å². The van der Waals surface area contributed by atoms with Gasteiger partial charge in [0, 0.05) is 5.02 Å². The highest BCUT2D eigenvalue weighted by Gasteiger charge is 2.24. The molecule has 6 nitrogen and oxygen atoms in total. The fourth-order valence-electron chi connectivity index (χ4n) is 1.77. The first-order chi connectivity index (χ1) is 10.8. The van der Waals surface area contributed by atoms with Crippen molar-refractivity contribution < 1.29 is 17.6 Å². The summed E-state index contributed by atoms with van der Waals surface area (Å²) in [6.07, 6.45) is 1.48. The minimum Gasteiger partial charge on any atom is -0.467 e. The number of hydrogen-bond donors (Lipinski definition) is 2. The quantitative estimate of drug-likeness (QED) is 0.810. The number of hydrogen-bond acceptors (Lipinski definition) is 4. The summed E-state index contributed by atoms with van der Waals surface area (Å²) >= 11 is 11.7. The lowest BCUT2D eigenvalue weighted by atomic mass is 10.3. The Morgan fingerprint density at radius 2 is 2.04 bits per heavy atom. The van der Waals surface area contributed by atoms with Gasteiger partial charge in [0.1, 0.15) is 10.7 Å². The molecule has 0 bridgehead atoms. The first-order valence-electron chi connectivity index (χ1n) is 6.57. The van der Waals surface area contributed by atoms with Crippen molar-refractivity contribution in [2.45, 2.75) is 24.4 Å². The van der Waals surface area contributed by atoms with E-state index in [4.69, 9.17) is 27.6 Å². The molecule has 1 aromatic carbocycles. The van der Waals surface area contributed by atoms with E-state index in [1.165, 1.54) is 31.4 Å². The first kappa shape index (κ1) is 17.8. The summed E-state index contributed by atoms with van der Waals surface area (Å²) in [6.45, 7) is 1.59. The van der Waals surface area contributed by atoms with Gasteiger partial charge >= 0.3 is 0 Å². The largest absolute Gasteiger partial charge is 0.467 e. The number of sulfonamides is 1. The molecule has 0 fully saturated rings. The van der Waals surface area contributed by atoms with Crippen LogP contribution in [-0.2, 0) is 21.4 Å². The predicted molar refractivity (Wildman–Crippen MR) is 86.8 cm³/mol. The third kappa shape index (κ3) is 4.71. The summed E-state index contributed by atoms with van der Waals surface area (Å²) in [7, 11) is -3.98. The molecule has 2 rings (SSSR count). The molecule has 124 valence electrons. The molecule has 1 amide bonds. The van der Waals surface area contributed by atoms with E-state index in [2.05, 4.69) is 10.0 Å². The van der Waals surface area contributed by atoms with Gasteiger partial charge in [0.2, 0.25) is 15.9 Å². The number of amides is 1. The van der Waals surface area contributed by atoms with E-state index in [0.29, 0.717) is 5.76 Å². The van der Waals surface area contributed by atoms with E-state index in [9.17, 15) is 13.2 Å². The zero-order chi connectivity index (χ0) is 17.0. The predicted octanol–water partition coefficient (Wildman–Crippen LogP) is 2.57. The van der Waals surface area contributed by atoms with Gasteiger partial charge in [-0.25, -0.2) is 8.42 Å². The van der Waals surface area contributed by atoms with Crippen LogP contribution in [0.2, 0.25) is 10.0 Å².